The average Bonchev–Trinajstić information content (AvgIpc) is 2.15. The molecule has 0 aliphatic heterocycles. The molecule has 0 saturated heterocycles. The van der Waals surface area contributed by atoms with E-state index in [9.17, 15) is 0 Å². The fourth-order valence-electron chi connectivity index (χ4n) is 1.82. The van der Waals surface area contributed by atoms with Crippen molar-refractivity contribution in [2.24, 2.45) is 0 Å². The second-order valence-corrected chi connectivity index (χ2v) is 4.95. The maximum Gasteiger partial charge on any atom is 0.0302 e. The highest BCUT2D eigenvalue weighted by Gasteiger charge is 2.15. The molecule has 0 aliphatic carbocycles. The minimum atomic E-state index is 0.133. The highest BCUT2D eigenvalue weighted by atomic mass is 15.0. The average molecular weight is 203 g/mol. The highest BCUT2D eigenvalue weighted by Crippen LogP contribution is 2.20. The third kappa shape index (κ3) is 3.52. The molecule has 82 valence electrons. The zero-order valence-electron chi connectivity index (χ0n) is 10.2. The Bertz CT molecular complexity index is 333. The molecule has 1 N–H and O–H groups in total. The van der Waals surface area contributed by atoms with Crippen molar-refractivity contribution in [3.05, 3.63) is 42.0 Å². The van der Waals surface area contributed by atoms with Gasteiger partial charge in [-0.3, -0.25) is 0 Å². The van der Waals surface area contributed by atoms with Crippen LogP contribution in [-0.4, -0.2) is 5.54 Å². The fourth-order valence-corrected chi connectivity index (χ4v) is 1.82. The van der Waals surface area contributed by atoms with Gasteiger partial charge in [-0.05, 0) is 38.8 Å². The van der Waals surface area contributed by atoms with Crippen LogP contribution in [0.25, 0.3) is 6.08 Å². The first kappa shape index (κ1) is 12.0. The molecule has 0 fully saturated rings. The van der Waals surface area contributed by atoms with E-state index in [4.69, 9.17) is 0 Å². The zero-order chi connectivity index (χ0) is 11.5. The first-order valence-corrected chi connectivity index (χ1v) is 5.43. The molecule has 1 heteroatoms. The summed E-state index contributed by atoms with van der Waals surface area (Å²) in [6, 6.07) is 8.72. The molecule has 0 heterocycles. The normalized spacial score (nSPS) is 13.6. The topological polar surface area (TPSA) is 12.0 Å². The quantitative estimate of drug-likeness (QED) is 0.788. The maximum absolute atomic E-state index is 3.84. The zero-order valence-corrected chi connectivity index (χ0v) is 10.2. The number of nitrogens with one attached hydrogen (secondary N) is 1. The predicted molar refractivity (Wildman–Crippen MR) is 67.8 cm³/mol. The lowest BCUT2D eigenvalue weighted by atomic mass is 9.98. The summed E-state index contributed by atoms with van der Waals surface area (Å²) in [5, 5.41) is 3.56. The van der Waals surface area contributed by atoms with Crippen LogP contribution in [0.2, 0.25) is 0 Å². The minimum Gasteiger partial charge on any atom is -0.306 e. The summed E-state index contributed by atoms with van der Waals surface area (Å²) in [6.07, 6.45) is 1.91. The van der Waals surface area contributed by atoms with E-state index in [0.29, 0.717) is 6.04 Å². The van der Waals surface area contributed by atoms with E-state index >= 15 is 0 Å². The first-order chi connectivity index (χ1) is 6.94. The van der Waals surface area contributed by atoms with Gasteiger partial charge in [0, 0.05) is 11.6 Å². The summed E-state index contributed by atoms with van der Waals surface area (Å²) in [5.74, 6) is 0. The monoisotopic (exact) mass is 203 g/mol. The van der Waals surface area contributed by atoms with Crippen molar-refractivity contribution in [3.8, 4) is 0 Å². The lowest BCUT2D eigenvalue weighted by molar-refractivity contribution is 0.378. The van der Waals surface area contributed by atoms with Gasteiger partial charge in [0.2, 0.25) is 0 Å². The molecule has 0 aliphatic rings. The van der Waals surface area contributed by atoms with E-state index in [1.807, 2.05) is 12.1 Å². The standard InChI is InChI=1S/C14H21N/c1-6-12-9-7-8-10-13(12)11(2)15-14(3,4)5/h6-11,15H,1H2,2-5H3. The van der Waals surface area contributed by atoms with Gasteiger partial charge < -0.3 is 5.32 Å². The van der Waals surface area contributed by atoms with Crippen molar-refractivity contribution >= 4 is 6.08 Å². The summed E-state index contributed by atoms with van der Waals surface area (Å²) in [5.41, 5.74) is 2.65. The van der Waals surface area contributed by atoms with Gasteiger partial charge in [0.25, 0.3) is 0 Å². The lowest BCUT2D eigenvalue weighted by Gasteiger charge is -2.27. The molecule has 1 aromatic rings. The molecule has 1 rings (SSSR count). The van der Waals surface area contributed by atoms with Gasteiger partial charge in [0.15, 0.2) is 0 Å². The molecule has 0 saturated carbocycles. The molecule has 0 bridgehead atoms. The Labute approximate surface area is 93.2 Å². The van der Waals surface area contributed by atoms with Crippen LogP contribution in [0.5, 0.6) is 0 Å². The maximum atomic E-state index is 3.84. The summed E-state index contributed by atoms with van der Waals surface area (Å²) >= 11 is 0. The van der Waals surface area contributed by atoms with E-state index in [0.717, 1.165) is 0 Å². The third-order valence-electron chi connectivity index (χ3n) is 2.33. The van der Waals surface area contributed by atoms with Crippen molar-refractivity contribution in [2.75, 3.05) is 0 Å². The van der Waals surface area contributed by atoms with Crippen LogP contribution in [0.3, 0.4) is 0 Å². The largest absolute Gasteiger partial charge is 0.306 e. The van der Waals surface area contributed by atoms with Crippen molar-refractivity contribution in [2.45, 2.75) is 39.3 Å². The molecule has 0 amide bonds. The summed E-state index contributed by atoms with van der Waals surface area (Å²) in [7, 11) is 0. The molecule has 0 radical (unpaired) electrons. The predicted octanol–water partition coefficient (Wildman–Crippen LogP) is 3.78. The summed E-state index contributed by atoms with van der Waals surface area (Å²) in [4.78, 5) is 0. The Morgan fingerprint density at radius 1 is 1.27 bits per heavy atom. The number of hydrogen-bond donors (Lipinski definition) is 1. The van der Waals surface area contributed by atoms with Gasteiger partial charge in [-0.15, -0.1) is 0 Å². The number of rotatable bonds is 3. The molecule has 0 aromatic heterocycles. The Morgan fingerprint density at radius 2 is 1.87 bits per heavy atom. The SMILES string of the molecule is C=Cc1ccccc1C(C)NC(C)(C)C. The Balaban J connectivity index is 2.90. The molecule has 0 spiro atoms. The van der Waals surface area contributed by atoms with E-state index < -0.39 is 0 Å². The lowest BCUT2D eigenvalue weighted by Crippen LogP contribution is -2.37. The number of hydrogen-bond acceptors (Lipinski definition) is 1. The first-order valence-electron chi connectivity index (χ1n) is 5.43. The summed E-state index contributed by atoms with van der Waals surface area (Å²) in [6.45, 7) is 12.6. The molecule has 1 unspecified atom stereocenters. The van der Waals surface area contributed by atoms with Crippen LogP contribution in [0.15, 0.2) is 30.8 Å². The molecule has 15 heavy (non-hydrogen) atoms. The van der Waals surface area contributed by atoms with E-state index in [1.54, 1.807) is 0 Å². The fraction of sp³-hybridized carbons (Fsp3) is 0.429. The Hall–Kier alpha value is -1.08. The second kappa shape index (κ2) is 4.63. The van der Waals surface area contributed by atoms with Crippen molar-refractivity contribution in [1.29, 1.82) is 0 Å². The van der Waals surface area contributed by atoms with Gasteiger partial charge in [0.1, 0.15) is 0 Å². The van der Waals surface area contributed by atoms with Crippen molar-refractivity contribution in [1.82, 2.24) is 5.32 Å². The number of benzene rings is 1. The Kier molecular flexibility index (Phi) is 3.70. The van der Waals surface area contributed by atoms with Gasteiger partial charge in [-0.1, -0.05) is 36.9 Å². The van der Waals surface area contributed by atoms with Crippen LogP contribution in [-0.2, 0) is 0 Å². The second-order valence-electron chi connectivity index (χ2n) is 4.95. The summed E-state index contributed by atoms with van der Waals surface area (Å²) < 4.78 is 0. The van der Waals surface area contributed by atoms with Gasteiger partial charge in [0.05, 0.1) is 0 Å². The highest BCUT2D eigenvalue weighted by molar-refractivity contribution is 5.52. The van der Waals surface area contributed by atoms with Crippen LogP contribution < -0.4 is 5.32 Å². The smallest absolute Gasteiger partial charge is 0.0302 e. The Morgan fingerprint density at radius 3 is 2.40 bits per heavy atom. The van der Waals surface area contributed by atoms with E-state index in [-0.39, 0.29) is 5.54 Å². The van der Waals surface area contributed by atoms with Gasteiger partial charge in [-0.25, -0.2) is 0 Å². The van der Waals surface area contributed by atoms with Crippen LogP contribution in [0.4, 0.5) is 0 Å². The minimum absolute atomic E-state index is 0.133. The third-order valence-corrected chi connectivity index (χ3v) is 2.33. The molecule has 1 nitrogen and oxygen atoms in total. The van der Waals surface area contributed by atoms with Crippen LogP contribution >= 0.6 is 0 Å². The van der Waals surface area contributed by atoms with Crippen molar-refractivity contribution in [3.63, 3.8) is 0 Å². The van der Waals surface area contributed by atoms with Gasteiger partial charge in [-0.2, -0.15) is 0 Å². The molecule has 1 atom stereocenters. The van der Waals surface area contributed by atoms with E-state index in [1.165, 1.54) is 11.1 Å². The molecule has 1 aromatic carbocycles. The molecular weight excluding hydrogens is 182 g/mol. The van der Waals surface area contributed by atoms with Gasteiger partial charge >= 0.3 is 0 Å². The van der Waals surface area contributed by atoms with Crippen molar-refractivity contribution < 1.29 is 0 Å². The van der Waals surface area contributed by atoms with E-state index in [2.05, 4.69) is 57.8 Å². The molecular formula is C14H21N. The van der Waals surface area contributed by atoms with Crippen LogP contribution in [0.1, 0.15) is 44.9 Å². The van der Waals surface area contributed by atoms with Crippen LogP contribution in [0, 0.1) is 0 Å².